The molecule has 0 aliphatic carbocycles. The van der Waals surface area contributed by atoms with Gasteiger partial charge >= 0.3 is 0 Å². The van der Waals surface area contributed by atoms with Gasteiger partial charge in [-0.25, -0.2) is 0 Å². The van der Waals surface area contributed by atoms with Crippen molar-refractivity contribution in [2.75, 3.05) is 39.5 Å². The standard InChI is InChI=1S/C15H29NO4/c17-8-6-13-4-1-2-7-16(13)10-14(18)11-19-12-15-5-3-9-20-15/h13-15,17-18H,1-12H2. The van der Waals surface area contributed by atoms with Crippen LogP contribution in [0.2, 0.25) is 0 Å². The first-order valence-electron chi connectivity index (χ1n) is 8.02. The summed E-state index contributed by atoms with van der Waals surface area (Å²) in [7, 11) is 0. The van der Waals surface area contributed by atoms with E-state index in [9.17, 15) is 5.11 Å². The van der Waals surface area contributed by atoms with E-state index < -0.39 is 6.10 Å². The van der Waals surface area contributed by atoms with E-state index in [-0.39, 0.29) is 12.7 Å². The zero-order chi connectivity index (χ0) is 14.2. The highest BCUT2D eigenvalue weighted by Gasteiger charge is 2.24. The maximum Gasteiger partial charge on any atom is 0.0900 e. The lowest BCUT2D eigenvalue weighted by atomic mass is 9.99. The van der Waals surface area contributed by atoms with Crippen molar-refractivity contribution in [3.05, 3.63) is 0 Å². The van der Waals surface area contributed by atoms with E-state index in [1.54, 1.807) is 0 Å². The highest BCUT2D eigenvalue weighted by molar-refractivity contribution is 4.78. The quantitative estimate of drug-likeness (QED) is 0.691. The number of hydrogen-bond acceptors (Lipinski definition) is 5. The van der Waals surface area contributed by atoms with Gasteiger partial charge in [0.2, 0.25) is 0 Å². The van der Waals surface area contributed by atoms with Crippen LogP contribution in [0.3, 0.4) is 0 Å². The highest BCUT2D eigenvalue weighted by atomic mass is 16.5. The van der Waals surface area contributed by atoms with Crippen molar-refractivity contribution >= 4 is 0 Å². The smallest absolute Gasteiger partial charge is 0.0900 e. The molecule has 5 heteroatoms. The summed E-state index contributed by atoms with van der Waals surface area (Å²) in [5, 5.41) is 19.2. The average molecular weight is 287 g/mol. The predicted octanol–water partition coefficient (Wildman–Crippen LogP) is 0.780. The topological polar surface area (TPSA) is 62.2 Å². The number of rotatable bonds is 8. The molecule has 2 heterocycles. The van der Waals surface area contributed by atoms with E-state index in [1.807, 2.05) is 0 Å². The van der Waals surface area contributed by atoms with Crippen LogP contribution in [0.5, 0.6) is 0 Å². The molecular formula is C15H29NO4. The fourth-order valence-corrected chi connectivity index (χ4v) is 3.21. The summed E-state index contributed by atoms with van der Waals surface area (Å²) < 4.78 is 11.1. The maximum absolute atomic E-state index is 10.1. The number of aliphatic hydroxyl groups excluding tert-OH is 2. The average Bonchev–Trinajstić information content (AvgIpc) is 2.94. The molecule has 2 N–H and O–H groups in total. The Hall–Kier alpha value is -0.200. The Morgan fingerprint density at radius 2 is 2.15 bits per heavy atom. The van der Waals surface area contributed by atoms with Crippen molar-refractivity contribution in [3.63, 3.8) is 0 Å². The SMILES string of the molecule is OCCC1CCCCN1CC(O)COCC1CCCO1. The van der Waals surface area contributed by atoms with Crippen molar-refractivity contribution in [2.45, 2.75) is 56.8 Å². The van der Waals surface area contributed by atoms with Crippen molar-refractivity contribution in [1.29, 1.82) is 0 Å². The fourth-order valence-electron chi connectivity index (χ4n) is 3.21. The zero-order valence-corrected chi connectivity index (χ0v) is 12.4. The molecule has 0 amide bonds. The van der Waals surface area contributed by atoms with Gasteiger partial charge in [0, 0.05) is 25.8 Å². The lowest BCUT2D eigenvalue weighted by Crippen LogP contribution is -2.45. The summed E-state index contributed by atoms with van der Waals surface area (Å²) in [5.41, 5.74) is 0. The van der Waals surface area contributed by atoms with Crippen LogP contribution in [0.15, 0.2) is 0 Å². The van der Waals surface area contributed by atoms with Crippen molar-refractivity contribution in [1.82, 2.24) is 4.90 Å². The predicted molar refractivity (Wildman–Crippen MR) is 76.7 cm³/mol. The monoisotopic (exact) mass is 287 g/mol. The van der Waals surface area contributed by atoms with Gasteiger partial charge in [0.1, 0.15) is 0 Å². The van der Waals surface area contributed by atoms with Gasteiger partial charge in [-0.2, -0.15) is 0 Å². The second kappa shape index (κ2) is 8.95. The molecular weight excluding hydrogens is 258 g/mol. The molecule has 2 rings (SSSR count). The summed E-state index contributed by atoms with van der Waals surface area (Å²) >= 11 is 0. The van der Waals surface area contributed by atoms with Gasteiger partial charge in [0.05, 0.1) is 25.4 Å². The molecule has 2 aliphatic heterocycles. The largest absolute Gasteiger partial charge is 0.396 e. The third-order valence-electron chi connectivity index (χ3n) is 4.29. The Bertz CT molecular complexity index is 256. The normalized spacial score (nSPS) is 29.7. The Balaban J connectivity index is 1.62. The zero-order valence-electron chi connectivity index (χ0n) is 12.4. The van der Waals surface area contributed by atoms with E-state index in [4.69, 9.17) is 14.6 Å². The molecule has 3 unspecified atom stereocenters. The van der Waals surface area contributed by atoms with Crippen LogP contribution < -0.4 is 0 Å². The number of piperidine rings is 1. The number of nitrogens with zero attached hydrogens (tertiary/aromatic N) is 1. The summed E-state index contributed by atoms with van der Waals surface area (Å²) in [6, 6.07) is 0.418. The van der Waals surface area contributed by atoms with Crippen molar-refractivity contribution in [2.24, 2.45) is 0 Å². The first-order chi connectivity index (χ1) is 9.79. The summed E-state index contributed by atoms with van der Waals surface area (Å²) in [5.74, 6) is 0. The Kier molecular flexibility index (Phi) is 7.24. The van der Waals surface area contributed by atoms with Gasteiger partial charge in [0.15, 0.2) is 0 Å². The van der Waals surface area contributed by atoms with Gasteiger partial charge in [-0.1, -0.05) is 6.42 Å². The van der Waals surface area contributed by atoms with Crippen LogP contribution in [-0.2, 0) is 9.47 Å². The molecule has 0 aromatic heterocycles. The summed E-state index contributed by atoms with van der Waals surface area (Å²) in [6.45, 7) is 3.71. The van der Waals surface area contributed by atoms with E-state index >= 15 is 0 Å². The minimum absolute atomic E-state index is 0.222. The number of likely N-dealkylation sites (tertiary alicyclic amines) is 1. The van der Waals surface area contributed by atoms with Gasteiger partial charge in [-0.15, -0.1) is 0 Å². The van der Waals surface area contributed by atoms with Crippen LogP contribution in [0.4, 0.5) is 0 Å². The molecule has 5 nitrogen and oxygen atoms in total. The molecule has 0 aromatic rings. The van der Waals surface area contributed by atoms with Crippen molar-refractivity contribution < 1.29 is 19.7 Å². The van der Waals surface area contributed by atoms with E-state index in [2.05, 4.69) is 4.90 Å². The minimum atomic E-state index is -0.448. The van der Waals surface area contributed by atoms with Crippen LogP contribution in [0.25, 0.3) is 0 Å². The lowest BCUT2D eigenvalue weighted by Gasteiger charge is -2.36. The third-order valence-corrected chi connectivity index (χ3v) is 4.29. The number of hydrogen-bond donors (Lipinski definition) is 2. The second-order valence-electron chi connectivity index (χ2n) is 5.98. The summed E-state index contributed by atoms with van der Waals surface area (Å²) in [6.07, 6.45) is 6.31. The lowest BCUT2D eigenvalue weighted by molar-refractivity contribution is -0.0323. The minimum Gasteiger partial charge on any atom is -0.396 e. The molecule has 0 spiro atoms. The van der Waals surface area contributed by atoms with E-state index in [0.717, 1.165) is 38.8 Å². The number of β-amino-alcohol motifs (C(OH)–C–C–N with tert-alkyl or cyclic N) is 1. The van der Waals surface area contributed by atoms with Gasteiger partial charge in [0.25, 0.3) is 0 Å². The molecule has 3 atom stereocenters. The molecule has 2 aliphatic rings. The van der Waals surface area contributed by atoms with E-state index in [1.165, 1.54) is 12.8 Å². The third kappa shape index (κ3) is 5.30. The molecule has 2 fully saturated rings. The Morgan fingerprint density at radius 3 is 2.90 bits per heavy atom. The maximum atomic E-state index is 10.1. The molecule has 0 radical (unpaired) electrons. The summed E-state index contributed by atoms with van der Waals surface area (Å²) in [4.78, 5) is 2.31. The first-order valence-corrected chi connectivity index (χ1v) is 8.02. The first kappa shape index (κ1) is 16.2. The Morgan fingerprint density at radius 1 is 1.25 bits per heavy atom. The number of aliphatic hydroxyl groups is 2. The van der Waals surface area contributed by atoms with Crippen LogP contribution in [0.1, 0.15) is 38.5 Å². The Labute approximate surface area is 121 Å². The second-order valence-corrected chi connectivity index (χ2v) is 5.98. The van der Waals surface area contributed by atoms with E-state index in [0.29, 0.717) is 25.8 Å². The molecule has 118 valence electrons. The van der Waals surface area contributed by atoms with Gasteiger partial charge in [-0.3, -0.25) is 4.90 Å². The molecule has 0 bridgehead atoms. The van der Waals surface area contributed by atoms with Crippen LogP contribution in [0, 0.1) is 0 Å². The van der Waals surface area contributed by atoms with Crippen molar-refractivity contribution in [3.8, 4) is 0 Å². The number of ether oxygens (including phenoxy) is 2. The van der Waals surface area contributed by atoms with Gasteiger partial charge in [-0.05, 0) is 38.6 Å². The molecule has 20 heavy (non-hydrogen) atoms. The highest BCUT2D eigenvalue weighted by Crippen LogP contribution is 2.19. The molecule has 0 aromatic carbocycles. The van der Waals surface area contributed by atoms with Crippen LogP contribution >= 0.6 is 0 Å². The molecule has 0 saturated carbocycles. The fraction of sp³-hybridized carbons (Fsp3) is 1.00. The van der Waals surface area contributed by atoms with Gasteiger partial charge < -0.3 is 19.7 Å². The molecule has 2 saturated heterocycles. The van der Waals surface area contributed by atoms with Crippen LogP contribution in [-0.4, -0.2) is 72.9 Å².